The fourth-order valence-corrected chi connectivity index (χ4v) is 2.46. The summed E-state index contributed by atoms with van der Waals surface area (Å²) in [5.74, 6) is 0.621. The number of nitrogens with zero attached hydrogens (tertiary/aromatic N) is 2. The normalized spacial score (nSPS) is 11.4. The summed E-state index contributed by atoms with van der Waals surface area (Å²) in [5.41, 5.74) is 4.60. The van der Waals surface area contributed by atoms with Crippen molar-refractivity contribution in [2.45, 2.75) is 53.0 Å². The lowest BCUT2D eigenvalue weighted by molar-refractivity contribution is -0.137. The Morgan fingerprint density at radius 2 is 1.95 bits per heavy atom. The van der Waals surface area contributed by atoms with Crippen LogP contribution in [0.4, 0.5) is 0 Å². The zero-order chi connectivity index (χ0) is 14.9. The number of carboxylic acid groups (broad SMARTS) is 1. The van der Waals surface area contributed by atoms with Crippen molar-refractivity contribution in [1.82, 2.24) is 9.55 Å². The molecular weight excluding hydrogens is 252 g/mol. The van der Waals surface area contributed by atoms with Crippen LogP contribution in [0.25, 0.3) is 11.0 Å². The van der Waals surface area contributed by atoms with Crippen LogP contribution < -0.4 is 0 Å². The number of carboxylic acids is 1. The summed E-state index contributed by atoms with van der Waals surface area (Å²) < 4.78 is 2.18. The van der Waals surface area contributed by atoms with Crippen LogP contribution in [0.15, 0.2) is 12.1 Å². The maximum absolute atomic E-state index is 10.7. The van der Waals surface area contributed by atoms with Crippen molar-refractivity contribution in [3.05, 3.63) is 29.1 Å². The lowest BCUT2D eigenvalue weighted by atomic mass is 10.1. The van der Waals surface area contributed by atoms with Gasteiger partial charge in [-0.1, -0.05) is 13.8 Å². The predicted octanol–water partition coefficient (Wildman–Crippen LogP) is 3.64. The highest BCUT2D eigenvalue weighted by molar-refractivity contribution is 5.78. The molecule has 0 aliphatic heterocycles. The summed E-state index contributed by atoms with van der Waals surface area (Å²) in [6.07, 6.45) is 0.829. The summed E-state index contributed by atoms with van der Waals surface area (Å²) in [4.78, 5) is 15.4. The number of carbonyl (C=O) groups is 1. The molecule has 2 rings (SSSR count). The number of fused-ring (bicyclic) bond motifs is 1. The van der Waals surface area contributed by atoms with Crippen LogP contribution in [-0.2, 0) is 11.3 Å². The number of hydrogen-bond acceptors (Lipinski definition) is 2. The molecule has 0 aliphatic rings. The molecule has 0 radical (unpaired) electrons. The lowest BCUT2D eigenvalue weighted by Gasteiger charge is -2.11. The third-order valence-electron chi connectivity index (χ3n) is 3.68. The topological polar surface area (TPSA) is 55.1 Å². The van der Waals surface area contributed by atoms with E-state index in [1.54, 1.807) is 0 Å². The maximum atomic E-state index is 10.7. The van der Waals surface area contributed by atoms with Gasteiger partial charge >= 0.3 is 5.97 Å². The highest BCUT2D eigenvalue weighted by Crippen LogP contribution is 2.25. The van der Waals surface area contributed by atoms with Crippen LogP contribution in [0, 0.1) is 13.8 Å². The second kappa shape index (κ2) is 5.65. The number of benzene rings is 1. The van der Waals surface area contributed by atoms with E-state index >= 15 is 0 Å². The molecule has 0 saturated heterocycles. The van der Waals surface area contributed by atoms with Gasteiger partial charge in [-0.2, -0.15) is 0 Å². The third-order valence-corrected chi connectivity index (χ3v) is 3.68. The van der Waals surface area contributed by atoms with Crippen LogP contribution in [0.3, 0.4) is 0 Å². The maximum Gasteiger partial charge on any atom is 0.303 e. The van der Waals surface area contributed by atoms with E-state index < -0.39 is 5.97 Å². The summed E-state index contributed by atoms with van der Waals surface area (Å²) in [6, 6.07) is 4.27. The molecule has 4 heteroatoms. The molecule has 1 aromatic heterocycles. The molecule has 1 heterocycles. The molecular formula is C16H22N2O2. The molecule has 0 amide bonds. The average Bonchev–Trinajstić information content (AvgIpc) is 2.68. The van der Waals surface area contributed by atoms with Gasteiger partial charge in [0.2, 0.25) is 0 Å². The van der Waals surface area contributed by atoms with Crippen molar-refractivity contribution >= 4 is 17.0 Å². The van der Waals surface area contributed by atoms with Crippen molar-refractivity contribution in [3.63, 3.8) is 0 Å². The molecule has 1 aromatic carbocycles. The van der Waals surface area contributed by atoms with Gasteiger partial charge in [-0.15, -0.1) is 0 Å². The van der Waals surface area contributed by atoms with E-state index in [-0.39, 0.29) is 6.42 Å². The van der Waals surface area contributed by atoms with Crippen molar-refractivity contribution < 1.29 is 9.90 Å². The summed E-state index contributed by atoms with van der Waals surface area (Å²) in [5, 5.41) is 8.79. The van der Waals surface area contributed by atoms with Gasteiger partial charge in [0.25, 0.3) is 0 Å². The van der Waals surface area contributed by atoms with Gasteiger partial charge in [0.05, 0.1) is 11.0 Å². The van der Waals surface area contributed by atoms with Crippen molar-refractivity contribution in [3.8, 4) is 0 Å². The Bertz CT molecular complexity index is 641. The number of aryl methyl sites for hydroxylation is 3. The zero-order valence-corrected chi connectivity index (χ0v) is 12.6. The first-order valence-corrected chi connectivity index (χ1v) is 7.09. The van der Waals surface area contributed by atoms with Crippen molar-refractivity contribution in [1.29, 1.82) is 0 Å². The number of hydrogen-bond donors (Lipinski definition) is 1. The molecule has 0 fully saturated rings. The Labute approximate surface area is 119 Å². The molecule has 108 valence electrons. The fourth-order valence-electron chi connectivity index (χ4n) is 2.46. The Hall–Kier alpha value is -1.84. The molecule has 1 N–H and O–H groups in total. The summed E-state index contributed by atoms with van der Waals surface area (Å²) in [6.45, 7) is 9.13. The van der Waals surface area contributed by atoms with Gasteiger partial charge in [-0.3, -0.25) is 4.79 Å². The highest BCUT2D eigenvalue weighted by atomic mass is 16.4. The first kappa shape index (κ1) is 14.6. The van der Waals surface area contributed by atoms with Gasteiger partial charge in [-0.05, 0) is 43.5 Å². The van der Waals surface area contributed by atoms with Gasteiger partial charge < -0.3 is 9.67 Å². The minimum absolute atomic E-state index is 0.196. The molecule has 0 atom stereocenters. The van der Waals surface area contributed by atoms with E-state index in [0.717, 1.165) is 16.9 Å². The molecule has 0 unspecified atom stereocenters. The van der Waals surface area contributed by atoms with Gasteiger partial charge in [0.1, 0.15) is 5.82 Å². The van der Waals surface area contributed by atoms with Crippen LogP contribution in [0.1, 0.15) is 49.6 Å². The van der Waals surface area contributed by atoms with E-state index in [1.165, 1.54) is 11.1 Å². The summed E-state index contributed by atoms with van der Waals surface area (Å²) >= 11 is 0. The molecule has 4 nitrogen and oxygen atoms in total. The number of imidazole rings is 1. The summed E-state index contributed by atoms with van der Waals surface area (Å²) in [7, 11) is 0. The van der Waals surface area contributed by atoms with Crippen molar-refractivity contribution in [2.75, 3.05) is 0 Å². The van der Waals surface area contributed by atoms with Crippen LogP contribution in [0.2, 0.25) is 0 Å². The van der Waals surface area contributed by atoms with Crippen LogP contribution in [-0.4, -0.2) is 20.6 Å². The van der Waals surface area contributed by atoms with E-state index in [4.69, 9.17) is 10.1 Å². The SMILES string of the molecule is Cc1cc2nc(C(C)C)n(CCCC(=O)O)c2cc1C. The van der Waals surface area contributed by atoms with Crippen LogP contribution >= 0.6 is 0 Å². The molecule has 0 spiro atoms. The average molecular weight is 274 g/mol. The fraction of sp³-hybridized carbons (Fsp3) is 0.500. The second-order valence-corrected chi connectivity index (χ2v) is 5.70. The molecule has 2 aromatic rings. The standard InChI is InChI=1S/C16H22N2O2/c1-10(2)16-17-13-8-11(3)12(4)9-14(13)18(16)7-5-6-15(19)20/h8-10H,5-7H2,1-4H3,(H,19,20). The van der Waals surface area contributed by atoms with Crippen LogP contribution in [0.5, 0.6) is 0 Å². The van der Waals surface area contributed by atoms with E-state index in [2.05, 4.69) is 44.4 Å². The predicted molar refractivity (Wildman–Crippen MR) is 80.2 cm³/mol. The van der Waals surface area contributed by atoms with E-state index in [1.807, 2.05) is 0 Å². The highest BCUT2D eigenvalue weighted by Gasteiger charge is 2.14. The lowest BCUT2D eigenvalue weighted by Crippen LogP contribution is -2.07. The van der Waals surface area contributed by atoms with Gasteiger partial charge in [0, 0.05) is 18.9 Å². The monoisotopic (exact) mass is 274 g/mol. The van der Waals surface area contributed by atoms with Gasteiger partial charge in [0.15, 0.2) is 0 Å². The van der Waals surface area contributed by atoms with Crippen molar-refractivity contribution in [2.24, 2.45) is 0 Å². The quantitative estimate of drug-likeness (QED) is 0.905. The Balaban J connectivity index is 2.45. The second-order valence-electron chi connectivity index (χ2n) is 5.70. The Kier molecular flexibility index (Phi) is 4.12. The first-order chi connectivity index (χ1) is 9.40. The molecule has 0 bridgehead atoms. The molecule has 20 heavy (non-hydrogen) atoms. The third kappa shape index (κ3) is 2.84. The molecule has 0 saturated carbocycles. The molecule has 0 aliphatic carbocycles. The number of aliphatic carboxylic acids is 1. The smallest absolute Gasteiger partial charge is 0.303 e. The minimum Gasteiger partial charge on any atom is -0.481 e. The zero-order valence-electron chi connectivity index (χ0n) is 12.6. The minimum atomic E-state index is -0.743. The van der Waals surface area contributed by atoms with E-state index in [9.17, 15) is 4.79 Å². The Morgan fingerprint density at radius 1 is 1.30 bits per heavy atom. The number of rotatable bonds is 5. The van der Waals surface area contributed by atoms with Gasteiger partial charge in [-0.25, -0.2) is 4.98 Å². The number of aromatic nitrogens is 2. The Morgan fingerprint density at radius 3 is 2.55 bits per heavy atom. The largest absolute Gasteiger partial charge is 0.481 e. The first-order valence-electron chi connectivity index (χ1n) is 7.09. The van der Waals surface area contributed by atoms with E-state index in [0.29, 0.717) is 18.9 Å².